The van der Waals surface area contributed by atoms with Gasteiger partial charge < -0.3 is 5.32 Å². The fourth-order valence-electron chi connectivity index (χ4n) is 3.65. The Hall–Kier alpha value is -0.640. The van der Waals surface area contributed by atoms with Crippen LogP contribution in [0, 0.1) is 10.8 Å². The highest BCUT2D eigenvalue weighted by atomic mass is 32.1. The van der Waals surface area contributed by atoms with Crippen molar-refractivity contribution in [3.05, 3.63) is 5.82 Å². The average molecular weight is 281 g/mol. The van der Waals surface area contributed by atoms with Crippen molar-refractivity contribution in [1.82, 2.24) is 9.36 Å². The second-order valence-corrected chi connectivity index (χ2v) is 8.62. The van der Waals surface area contributed by atoms with Crippen molar-refractivity contribution in [1.29, 1.82) is 0 Å². The van der Waals surface area contributed by atoms with Crippen LogP contribution in [0.2, 0.25) is 0 Å². The van der Waals surface area contributed by atoms with E-state index in [1.54, 1.807) is 0 Å². The summed E-state index contributed by atoms with van der Waals surface area (Å²) in [5.74, 6) is 1.37. The van der Waals surface area contributed by atoms with Gasteiger partial charge in [-0.15, -0.1) is 0 Å². The summed E-state index contributed by atoms with van der Waals surface area (Å²) in [6.45, 7) is 13.8. The van der Waals surface area contributed by atoms with Gasteiger partial charge in [0.05, 0.1) is 0 Å². The third-order valence-electron chi connectivity index (χ3n) is 3.84. The van der Waals surface area contributed by atoms with Gasteiger partial charge in [0, 0.05) is 23.5 Å². The zero-order chi connectivity index (χ0) is 14.3. The van der Waals surface area contributed by atoms with Crippen molar-refractivity contribution in [2.24, 2.45) is 10.8 Å². The van der Waals surface area contributed by atoms with E-state index in [0.29, 0.717) is 22.8 Å². The highest BCUT2D eigenvalue weighted by Crippen LogP contribution is 2.46. The van der Waals surface area contributed by atoms with Crippen LogP contribution in [0.4, 0.5) is 5.13 Å². The molecular formula is C15H27N3S. The lowest BCUT2D eigenvalue weighted by atomic mass is 9.63. The third kappa shape index (κ3) is 3.91. The Labute approximate surface area is 121 Å². The number of hydrogen-bond acceptors (Lipinski definition) is 4. The van der Waals surface area contributed by atoms with Gasteiger partial charge in [0.25, 0.3) is 0 Å². The molecule has 4 heteroatoms. The summed E-state index contributed by atoms with van der Waals surface area (Å²) < 4.78 is 4.42. The second-order valence-electron chi connectivity index (χ2n) is 7.87. The van der Waals surface area contributed by atoms with Crippen molar-refractivity contribution in [3.8, 4) is 0 Å². The van der Waals surface area contributed by atoms with E-state index in [1.165, 1.54) is 30.8 Å². The molecule has 19 heavy (non-hydrogen) atoms. The second kappa shape index (κ2) is 5.04. The Morgan fingerprint density at radius 1 is 1.16 bits per heavy atom. The fraction of sp³-hybridized carbons (Fsp3) is 0.867. The summed E-state index contributed by atoms with van der Waals surface area (Å²) in [6.07, 6.45) is 3.73. The van der Waals surface area contributed by atoms with Gasteiger partial charge in [-0.3, -0.25) is 0 Å². The monoisotopic (exact) mass is 281 g/mol. The Kier molecular flexibility index (Phi) is 3.92. The molecule has 1 heterocycles. The summed E-state index contributed by atoms with van der Waals surface area (Å²) in [6, 6.07) is 0.520. The molecule has 0 bridgehead atoms. The molecule has 1 fully saturated rings. The Bertz CT molecular complexity index is 418. The number of hydrogen-bond donors (Lipinski definition) is 1. The topological polar surface area (TPSA) is 37.8 Å². The maximum Gasteiger partial charge on any atom is 0.202 e. The molecular weight excluding hydrogens is 254 g/mol. The molecule has 1 saturated carbocycles. The first kappa shape index (κ1) is 14.8. The minimum absolute atomic E-state index is 0.408. The molecule has 1 aliphatic carbocycles. The number of rotatable bonds is 3. The zero-order valence-corrected chi connectivity index (χ0v) is 13.9. The highest BCUT2D eigenvalue weighted by molar-refractivity contribution is 7.09. The molecule has 0 atom stereocenters. The molecule has 0 unspecified atom stereocenters. The fourth-order valence-corrected chi connectivity index (χ4v) is 4.44. The standard InChI is InChI=1S/C15H27N3S/c1-10(2)12-17-13(19-18-12)16-11-7-14(3,4)9-15(5,6)8-11/h10-11H,7-9H2,1-6H3,(H,16,17,18). The number of nitrogens with zero attached hydrogens (tertiary/aromatic N) is 2. The van der Waals surface area contributed by atoms with E-state index < -0.39 is 0 Å². The molecule has 1 N–H and O–H groups in total. The Morgan fingerprint density at radius 3 is 2.21 bits per heavy atom. The summed E-state index contributed by atoms with van der Waals surface area (Å²) in [5.41, 5.74) is 0.815. The van der Waals surface area contributed by atoms with Crippen molar-refractivity contribution in [2.45, 2.75) is 72.8 Å². The predicted molar refractivity (Wildman–Crippen MR) is 82.8 cm³/mol. The van der Waals surface area contributed by atoms with Crippen LogP contribution in [0.1, 0.15) is 72.5 Å². The van der Waals surface area contributed by atoms with Crippen LogP contribution in [-0.4, -0.2) is 15.4 Å². The maximum absolute atomic E-state index is 4.60. The van der Waals surface area contributed by atoms with Crippen LogP contribution in [0.15, 0.2) is 0 Å². The van der Waals surface area contributed by atoms with Crippen LogP contribution < -0.4 is 5.32 Å². The molecule has 0 radical (unpaired) electrons. The Morgan fingerprint density at radius 2 is 1.74 bits per heavy atom. The molecule has 1 aromatic rings. The van der Waals surface area contributed by atoms with Crippen LogP contribution >= 0.6 is 11.5 Å². The van der Waals surface area contributed by atoms with Crippen molar-refractivity contribution >= 4 is 16.7 Å². The maximum atomic E-state index is 4.60. The largest absolute Gasteiger partial charge is 0.358 e. The van der Waals surface area contributed by atoms with Gasteiger partial charge in [0.2, 0.25) is 5.13 Å². The summed E-state index contributed by atoms with van der Waals surface area (Å²) in [4.78, 5) is 4.60. The number of nitrogens with one attached hydrogen (secondary N) is 1. The molecule has 0 aromatic carbocycles. The molecule has 0 saturated heterocycles. The lowest BCUT2D eigenvalue weighted by molar-refractivity contribution is 0.105. The SMILES string of the molecule is CC(C)c1nsc(NC2CC(C)(C)CC(C)(C)C2)n1. The molecule has 0 amide bonds. The van der Waals surface area contributed by atoms with Gasteiger partial charge >= 0.3 is 0 Å². The first-order valence-electron chi connectivity index (χ1n) is 7.27. The summed E-state index contributed by atoms with van der Waals surface area (Å²) in [7, 11) is 0. The third-order valence-corrected chi connectivity index (χ3v) is 4.50. The van der Waals surface area contributed by atoms with Crippen LogP contribution in [0.5, 0.6) is 0 Å². The number of anilines is 1. The zero-order valence-electron chi connectivity index (χ0n) is 13.1. The van der Waals surface area contributed by atoms with Gasteiger partial charge in [-0.25, -0.2) is 4.98 Å². The van der Waals surface area contributed by atoms with Gasteiger partial charge in [0.1, 0.15) is 5.82 Å². The van der Waals surface area contributed by atoms with Gasteiger partial charge in [0.15, 0.2) is 0 Å². The van der Waals surface area contributed by atoms with E-state index in [2.05, 4.69) is 56.2 Å². The molecule has 108 valence electrons. The van der Waals surface area contributed by atoms with E-state index >= 15 is 0 Å². The van der Waals surface area contributed by atoms with E-state index in [1.807, 2.05) is 0 Å². The summed E-state index contributed by atoms with van der Waals surface area (Å²) >= 11 is 1.50. The minimum Gasteiger partial charge on any atom is -0.358 e. The normalized spacial score (nSPS) is 22.7. The van der Waals surface area contributed by atoms with E-state index in [4.69, 9.17) is 0 Å². The number of aromatic nitrogens is 2. The van der Waals surface area contributed by atoms with Crippen LogP contribution in [0.3, 0.4) is 0 Å². The lowest BCUT2D eigenvalue weighted by Crippen LogP contribution is -2.40. The summed E-state index contributed by atoms with van der Waals surface area (Å²) in [5, 5.41) is 4.60. The van der Waals surface area contributed by atoms with Crippen molar-refractivity contribution in [2.75, 3.05) is 5.32 Å². The molecule has 0 spiro atoms. The van der Waals surface area contributed by atoms with Crippen LogP contribution in [-0.2, 0) is 0 Å². The quantitative estimate of drug-likeness (QED) is 0.874. The van der Waals surface area contributed by atoms with Crippen molar-refractivity contribution < 1.29 is 0 Å². The molecule has 1 aromatic heterocycles. The smallest absolute Gasteiger partial charge is 0.202 e. The van der Waals surface area contributed by atoms with Gasteiger partial charge in [-0.1, -0.05) is 41.5 Å². The minimum atomic E-state index is 0.408. The Balaban J connectivity index is 2.05. The van der Waals surface area contributed by atoms with Gasteiger partial charge in [-0.2, -0.15) is 4.37 Å². The van der Waals surface area contributed by atoms with Crippen LogP contribution in [0.25, 0.3) is 0 Å². The van der Waals surface area contributed by atoms with E-state index in [9.17, 15) is 0 Å². The van der Waals surface area contributed by atoms with E-state index in [-0.39, 0.29) is 0 Å². The van der Waals surface area contributed by atoms with Crippen molar-refractivity contribution in [3.63, 3.8) is 0 Å². The predicted octanol–water partition coefficient (Wildman–Crippen LogP) is 4.68. The first-order chi connectivity index (χ1) is 8.67. The first-order valence-corrected chi connectivity index (χ1v) is 8.04. The molecule has 0 aliphatic heterocycles. The lowest BCUT2D eigenvalue weighted by Gasteiger charge is -2.45. The van der Waals surface area contributed by atoms with Gasteiger partial charge in [-0.05, 0) is 30.1 Å². The highest BCUT2D eigenvalue weighted by Gasteiger charge is 2.38. The molecule has 1 aliphatic rings. The van der Waals surface area contributed by atoms with E-state index in [0.717, 1.165) is 11.0 Å². The molecule has 2 rings (SSSR count). The average Bonchev–Trinajstić information content (AvgIpc) is 2.60. The molecule has 3 nitrogen and oxygen atoms in total.